The number of hydrogen-bond acceptors (Lipinski definition) is 1. The number of hydrogen-bond donors (Lipinski definition) is 1. The van der Waals surface area contributed by atoms with Crippen molar-refractivity contribution in [1.82, 2.24) is 9.97 Å². The minimum atomic E-state index is -1.01. The van der Waals surface area contributed by atoms with Gasteiger partial charge in [0.15, 0.2) is 11.6 Å². The number of imidazole rings is 1. The summed E-state index contributed by atoms with van der Waals surface area (Å²) in [6, 6.07) is 6.81. The number of aryl methyl sites for hydroxylation is 1. The third-order valence-corrected chi connectivity index (χ3v) is 2.86. The molecule has 0 unspecified atom stereocenters. The fraction of sp³-hybridized carbons (Fsp3) is 0.0714. The first-order valence-corrected chi connectivity index (χ1v) is 5.66. The van der Waals surface area contributed by atoms with Crippen LogP contribution in [-0.2, 0) is 0 Å². The van der Waals surface area contributed by atoms with Crippen LogP contribution in [0.25, 0.3) is 22.4 Å². The average molecular weight is 262 g/mol. The molecular formula is C14H9F3N2. The van der Waals surface area contributed by atoms with Crippen LogP contribution in [-0.4, -0.2) is 9.97 Å². The highest BCUT2D eigenvalue weighted by molar-refractivity contribution is 5.80. The van der Waals surface area contributed by atoms with Crippen LogP contribution < -0.4 is 0 Å². The SMILES string of the molecule is Cc1cc(F)cc(-c2nc3c(F)c(F)ccc3[nH]2)c1. The van der Waals surface area contributed by atoms with E-state index in [1.165, 1.54) is 18.2 Å². The molecule has 0 saturated heterocycles. The zero-order chi connectivity index (χ0) is 13.6. The lowest BCUT2D eigenvalue weighted by Crippen LogP contribution is -1.86. The van der Waals surface area contributed by atoms with Crippen molar-refractivity contribution in [2.24, 2.45) is 0 Å². The molecule has 0 atom stereocenters. The fourth-order valence-corrected chi connectivity index (χ4v) is 2.03. The lowest BCUT2D eigenvalue weighted by molar-refractivity contribution is 0.515. The second-order valence-electron chi connectivity index (χ2n) is 4.36. The van der Waals surface area contributed by atoms with Gasteiger partial charge in [0.2, 0.25) is 0 Å². The second kappa shape index (κ2) is 4.12. The van der Waals surface area contributed by atoms with Gasteiger partial charge in [-0.05, 0) is 42.8 Å². The quantitative estimate of drug-likeness (QED) is 0.706. The van der Waals surface area contributed by atoms with Gasteiger partial charge in [-0.15, -0.1) is 0 Å². The maximum atomic E-state index is 13.6. The minimum absolute atomic E-state index is 0.0862. The van der Waals surface area contributed by atoms with Crippen molar-refractivity contribution in [2.75, 3.05) is 0 Å². The van der Waals surface area contributed by atoms with Crippen LogP contribution >= 0.6 is 0 Å². The van der Waals surface area contributed by atoms with Crippen LogP contribution in [0.2, 0.25) is 0 Å². The maximum Gasteiger partial charge on any atom is 0.186 e. The van der Waals surface area contributed by atoms with Crippen molar-refractivity contribution in [3.63, 3.8) is 0 Å². The zero-order valence-electron chi connectivity index (χ0n) is 9.97. The summed E-state index contributed by atoms with van der Waals surface area (Å²) >= 11 is 0. The molecule has 19 heavy (non-hydrogen) atoms. The second-order valence-corrected chi connectivity index (χ2v) is 4.36. The van der Waals surface area contributed by atoms with Gasteiger partial charge in [0, 0.05) is 5.56 Å². The number of aromatic nitrogens is 2. The molecule has 1 heterocycles. The Morgan fingerprint density at radius 2 is 1.84 bits per heavy atom. The number of halogens is 3. The number of nitrogens with one attached hydrogen (secondary N) is 1. The third-order valence-electron chi connectivity index (χ3n) is 2.86. The van der Waals surface area contributed by atoms with E-state index in [1.54, 1.807) is 13.0 Å². The van der Waals surface area contributed by atoms with E-state index in [9.17, 15) is 13.2 Å². The van der Waals surface area contributed by atoms with Crippen molar-refractivity contribution < 1.29 is 13.2 Å². The summed E-state index contributed by atoms with van der Waals surface area (Å²) in [5.74, 6) is -2.06. The first kappa shape index (κ1) is 11.8. The van der Waals surface area contributed by atoms with E-state index in [-0.39, 0.29) is 5.52 Å². The Bertz CT molecular complexity index is 757. The monoisotopic (exact) mass is 262 g/mol. The molecule has 1 aromatic heterocycles. The van der Waals surface area contributed by atoms with E-state index in [0.717, 1.165) is 11.6 Å². The van der Waals surface area contributed by atoms with Gasteiger partial charge in [-0.25, -0.2) is 18.2 Å². The van der Waals surface area contributed by atoms with Gasteiger partial charge in [0.25, 0.3) is 0 Å². The number of H-pyrrole nitrogens is 1. The molecule has 0 bridgehead atoms. The van der Waals surface area contributed by atoms with Gasteiger partial charge in [-0.2, -0.15) is 0 Å². The van der Waals surface area contributed by atoms with Crippen molar-refractivity contribution in [3.05, 3.63) is 53.3 Å². The molecule has 0 aliphatic carbocycles. The van der Waals surface area contributed by atoms with Gasteiger partial charge in [-0.1, -0.05) is 0 Å². The molecule has 5 heteroatoms. The first-order chi connectivity index (χ1) is 9.04. The molecule has 0 spiro atoms. The summed E-state index contributed by atoms with van der Waals surface area (Å²) < 4.78 is 40.0. The van der Waals surface area contributed by atoms with E-state index in [1.807, 2.05) is 0 Å². The Morgan fingerprint density at radius 1 is 1.05 bits per heavy atom. The van der Waals surface area contributed by atoms with E-state index >= 15 is 0 Å². The Kier molecular flexibility index (Phi) is 2.55. The van der Waals surface area contributed by atoms with Gasteiger partial charge in [0.05, 0.1) is 5.52 Å². The Balaban J connectivity index is 2.23. The zero-order valence-corrected chi connectivity index (χ0v) is 9.97. The molecule has 0 aliphatic rings. The molecule has 2 aromatic carbocycles. The summed E-state index contributed by atoms with van der Waals surface area (Å²) in [4.78, 5) is 6.84. The minimum Gasteiger partial charge on any atom is -0.338 e. The van der Waals surface area contributed by atoms with Crippen molar-refractivity contribution in [3.8, 4) is 11.4 Å². The number of benzene rings is 2. The smallest absolute Gasteiger partial charge is 0.186 e. The largest absolute Gasteiger partial charge is 0.338 e. The Hall–Kier alpha value is -2.30. The van der Waals surface area contributed by atoms with Crippen LogP contribution in [0.1, 0.15) is 5.56 Å². The maximum absolute atomic E-state index is 13.6. The third kappa shape index (κ3) is 1.97. The Labute approximate surface area is 106 Å². The average Bonchev–Trinajstić information content (AvgIpc) is 2.77. The van der Waals surface area contributed by atoms with E-state index in [0.29, 0.717) is 16.9 Å². The van der Waals surface area contributed by atoms with Crippen LogP contribution in [0.5, 0.6) is 0 Å². The van der Waals surface area contributed by atoms with E-state index in [4.69, 9.17) is 0 Å². The topological polar surface area (TPSA) is 28.7 Å². The summed E-state index contributed by atoms with van der Waals surface area (Å²) in [5, 5.41) is 0. The molecule has 0 fully saturated rings. The highest BCUT2D eigenvalue weighted by atomic mass is 19.2. The lowest BCUT2D eigenvalue weighted by atomic mass is 10.1. The lowest BCUT2D eigenvalue weighted by Gasteiger charge is -1.99. The van der Waals surface area contributed by atoms with Crippen molar-refractivity contribution in [2.45, 2.75) is 6.92 Å². The summed E-state index contributed by atoms with van der Waals surface area (Å²) in [6.45, 7) is 1.75. The fourth-order valence-electron chi connectivity index (χ4n) is 2.03. The highest BCUT2D eigenvalue weighted by Gasteiger charge is 2.13. The van der Waals surface area contributed by atoms with Crippen molar-refractivity contribution >= 4 is 11.0 Å². The molecule has 2 nitrogen and oxygen atoms in total. The summed E-state index contributed by atoms with van der Waals surface area (Å²) in [6.07, 6.45) is 0. The number of rotatable bonds is 1. The van der Waals surface area contributed by atoms with Gasteiger partial charge in [0.1, 0.15) is 17.2 Å². The molecule has 1 N–H and O–H groups in total. The first-order valence-electron chi connectivity index (χ1n) is 5.66. The standard InChI is InChI=1S/C14H9F3N2/c1-7-4-8(6-9(15)5-7)14-18-11-3-2-10(16)12(17)13(11)19-14/h2-6H,1H3,(H,18,19). The molecule has 3 aromatic rings. The molecular weight excluding hydrogens is 253 g/mol. The molecule has 0 radical (unpaired) electrons. The number of nitrogens with zero attached hydrogens (tertiary/aromatic N) is 1. The van der Waals surface area contributed by atoms with Gasteiger partial charge < -0.3 is 4.98 Å². The molecule has 3 rings (SSSR count). The molecule has 0 amide bonds. The van der Waals surface area contributed by atoms with Gasteiger partial charge >= 0.3 is 0 Å². The normalized spacial score (nSPS) is 11.2. The molecule has 0 saturated carbocycles. The predicted molar refractivity (Wildman–Crippen MR) is 66.1 cm³/mol. The van der Waals surface area contributed by atoms with Crippen LogP contribution in [0.4, 0.5) is 13.2 Å². The highest BCUT2D eigenvalue weighted by Crippen LogP contribution is 2.24. The van der Waals surface area contributed by atoms with Crippen molar-refractivity contribution in [1.29, 1.82) is 0 Å². The van der Waals surface area contributed by atoms with Crippen LogP contribution in [0.15, 0.2) is 30.3 Å². The van der Waals surface area contributed by atoms with E-state index in [2.05, 4.69) is 9.97 Å². The number of aromatic amines is 1. The van der Waals surface area contributed by atoms with Crippen LogP contribution in [0.3, 0.4) is 0 Å². The van der Waals surface area contributed by atoms with Crippen LogP contribution in [0, 0.1) is 24.4 Å². The van der Waals surface area contributed by atoms with E-state index < -0.39 is 17.5 Å². The number of fused-ring (bicyclic) bond motifs is 1. The Morgan fingerprint density at radius 3 is 2.58 bits per heavy atom. The summed E-state index contributed by atoms with van der Waals surface area (Å²) in [5.41, 5.74) is 1.50. The summed E-state index contributed by atoms with van der Waals surface area (Å²) in [7, 11) is 0. The van der Waals surface area contributed by atoms with Gasteiger partial charge in [-0.3, -0.25) is 0 Å². The predicted octanol–water partition coefficient (Wildman–Crippen LogP) is 3.96. The molecule has 0 aliphatic heterocycles. The molecule has 96 valence electrons.